The van der Waals surface area contributed by atoms with Crippen molar-refractivity contribution in [2.45, 2.75) is 112 Å². The van der Waals surface area contributed by atoms with E-state index in [1.54, 1.807) is 83.1 Å². The fourth-order valence-corrected chi connectivity index (χ4v) is 2.38. The van der Waals surface area contributed by atoms with Crippen molar-refractivity contribution in [1.29, 1.82) is 0 Å². The number of aliphatic hydroxyl groups is 1. The van der Waals surface area contributed by atoms with Crippen LogP contribution in [0.25, 0.3) is 0 Å². The fraction of sp³-hybridized carbons (Fsp3) is 0.808. The molecule has 0 aliphatic rings. The second-order valence-corrected chi connectivity index (χ2v) is 12.2. The van der Waals surface area contributed by atoms with E-state index < -0.39 is 76.8 Å². The summed E-state index contributed by atoms with van der Waals surface area (Å²) in [5.41, 5.74) is -3.31. The number of hydrogen-bond donors (Lipinski definition) is 5. The van der Waals surface area contributed by atoms with Gasteiger partial charge < -0.3 is 40.4 Å². The molecule has 228 valence electrons. The number of carboxylic acid groups (broad SMARTS) is 1. The standard InChI is InChI=1S/C15H28N2O6.C11H21NO4/c1-9(16-13(21)23-14(2,3)4)15(5,6)12(20)17-10(8-18)11(19)22-7;1-7(11(5,6)8(13)14)12-9(15)16-10(2,3)4/h9-10,18H,8H2,1-7H3,(H,16,21)(H,17,20);7H,1-6H3,(H,12,15)(H,13,14)/t9-,10?;7-/m11/s1. The number of methoxy groups -OCH3 is 1. The van der Waals surface area contributed by atoms with Crippen molar-refractivity contribution < 1.29 is 48.4 Å². The molecule has 1 unspecified atom stereocenters. The van der Waals surface area contributed by atoms with E-state index in [4.69, 9.17) is 19.7 Å². The van der Waals surface area contributed by atoms with Crippen LogP contribution in [0.1, 0.15) is 83.1 Å². The summed E-state index contributed by atoms with van der Waals surface area (Å²) >= 11 is 0. The lowest BCUT2D eigenvalue weighted by Crippen LogP contribution is -2.55. The van der Waals surface area contributed by atoms with Crippen molar-refractivity contribution in [1.82, 2.24) is 16.0 Å². The Morgan fingerprint density at radius 2 is 1.05 bits per heavy atom. The third kappa shape index (κ3) is 14.6. The number of alkyl carbamates (subject to hydrolysis) is 2. The number of aliphatic hydroxyl groups excluding tert-OH is 1. The van der Waals surface area contributed by atoms with Gasteiger partial charge in [0.25, 0.3) is 0 Å². The zero-order valence-corrected chi connectivity index (χ0v) is 25.6. The predicted octanol–water partition coefficient (Wildman–Crippen LogP) is 2.59. The van der Waals surface area contributed by atoms with Crippen LogP contribution in [0.4, 0.5) is 9.59 Å². The molecule has 0 radical (unpaired) electrons. The number of rotatable bonds is 9. The molecule has 0 aromatic carbocycles. The highest BCUT2D eigenvalue weighted by atomic mass is 16.6. The van der Waals surface area contributed by atoms with Crippen LogP contribution in [0.15, 0.2) is 0 Å². The molecule has 0 aliphatic carbocycles. The molecule has 13 nitrogen and oxygen atoms in total. The largest absolute Gasteiger partial charge is 0.481 e. The van der Waals surface area contributed by atoms with Crippen molar-refractivity contribution >= 4 is 30.0 Å². The number of esters is 1. The number of hydrogen-bond acceptors (Lipinski definition) is 9. The van der Waals surface area contributed by atoms with Crippen molar-refractivity contribution in [3.8, 4) is 0 Å². The van der Waals surface area contributed by atoms with E-state index in [-0.39, 0.29) is 0 Å². The normalized spacial score (nSPS) is 14.3. The van der Waals surface area contributed by atoms with Gasteiger partial charge in [-0.1, -0.05) is 0 Å². The summed E-state index contributed by atoms with van der Waals surface area (Å²) in [5, 5.41) is 25.6. The minimum absolute atomic E-state index is 0.509. The average Bonchev–Trinajstić information content (AvgIpc) is 2.73. The lowest BCUT2D eigenvalue weighted by molar-refractivity contribution is -0.148. The smallest absolute Gasteiger partial charge is 0.407 e. The summed E-state index contributed by atoms with van der Waals surface area (Å²) in [6.07, 6.45) is -1.24. The summed E-state index contributed by atoms with van der Waals surface area (Å²) < 4.78 is 14.7. The Morgan fingerprint density at radius 1 is 0.692 bits per heavy atom. The van der Waals surface area contributed by atoms with E-state index in [1.165, 1.54) is 0 Å². The van der Waals surface area contributed by atoms with Gasteiger partial charge >= 0.3 is 24.1 Å². The Labute approximate surface area is 231 Å². The minimum Gasteiger partial charge on any atom is -0.481 e. The highest BCUT2D eigenvalue weighted by molar-refractivity contribution is 5.88. The second-order valence-electron chi connectivity index (χ2n) is 12.2. The Kier molecular flexibility index (Phi) is 14.5. The number of nitrogens with one attached hydrogen (secondary N) is 3. The third-order valence-corrected chi connectivity index (χ3v) is 5.74. The summed E-state index contributed by atoms with van der Waals surface area (Å²) in [6.45, 7) is 19.5. The number of aliphatic carboxylic acids is 1. The molecule has 0 saturated carbocycles. The monoisotopic (exact) mass is 563 g/mol. The van der Waals surface area contributed by atoms with Gasteiger partial charge in [0.15, 0.2) is 6.04 Å². The first-order valence-electron chi connectivity index (χ1n) is 12.5. The number of amides is 3. The molecule has 0 bridgehead atoms. The van der Waals surface area contributed by atoms with Gasteiger partial charge in [-0.05, 0) is 83.1 Å². The third-order valence-electron chi connectivity index (χ3n) is 5.74. The molecule has 39 heavy (non-hydrogen) atoms. The molecule has 3 atom stereocenters. The zero-order valence-electron chi connectivity index (χ0n) is 25.6. The van der Waals surface area contributed by atoms with E-state index in [2.05, 4.69) is 20.7 Å². The van der Waals surface area contributed by atoms with Gasteiger partial charge in [0.2, 0.25) is 5.91 Å². The van der Waals surface area contributed by atoms with Gasteiger partial charge in [0, 0.05) is 12.1 Å². The molecule has 0 aliphatic heterocycles. The Balaban J connectivity index is 0. The fourth-order valence-electron chi connectivity index (χ4n) is 2.38. The van der Waals surface area contributed by atoms with Crippen molar-refractivity contribution in [3.05, 3.63) is 0 Å². The van der Waals surface area contributed by atoms with Gasteiger partial charge in [0.1, 0.15) is 11.2 Å². The van der Waals surface area contributed by atoms with Crippen molar-refractivity contribution in [2.24, 2.45) is 10.8 Å². The number of carbonyl (C=O) groups excluding carboxylic acids is 4. The first kappa shape index (κ1) is 38.1. The summed E-state index contributed by atoms with van der Waals surface area (Å²) in [6, 6.07) is -2.24. The van der Waals surface area contributed by atoms with Crippen LogP contribution >= 0.6 is 0 Å². The van der Waals surface area contributed by atoms with Crippen LogP contribution in [-0.4, -0.2) is 83.3 Å². The Hall–Kier alpha value is -3.09. The van der Waals surface area contributed by atoms with Crippen molar-refractivity contribution in [2.75, 3.05) is 13.7 Å². The van der Waals surface area contributed by atoms with Crippen LogP contribution in [0, 0.1) is 10.8 Å². The van der Waals surface area contributed by atoms with Gasteiger partial charge in [-0.3, -0.25) is 9.59 Å². The van der Waals surface area contributed by atoms with Crippen LogP contribution in [-0.2, 0) is 28.6 Å². The zero-order chi connectivity index (χ0) is 31.6. The molecule has 5 N–H and O–H groups in total. The molecule has 13 heteroatoms. The quantitative estimate of drug-likeness (QED) is 0.206. The van der Waals surface area contributed by atoms with Gasteiger partial charge in [-0.25, -0.2) is 14.4 Å². The Bertz CT molecular complexity index is 857. The molecule has 3 amide bonds. The molecular weight excluding hydrogens is 514 g/mol. The molecular formula is C26H49N3O10. The first-order chi connectivity index (χ1) is 17.3. The number of ether oxygens (including phenoxy) is 3. The van der Waals surface area contributed by atoms with Crippen LogP contribution in [0.2, 0.25) is 0 Å². The first-order valence-corrected chi connectivity index (χ1v) is 12.5. The Morgan fingerprint density at radius 3 is 1.33 bits per heavy atom. The lowest BCUT2D eigenvalue weighted by Gasteiger charge is -2.32. The second kappa shape index (κ2) is 14.9. The van der Waals surface area contributed by atoms with Crippen LogP contribution in [0.3, 0.4) is 0 Å². The summed E-state index contributed by atoms with van der Waals surface area (Å²) in [5.74, 6) is -2.22. The molecule has 0 aromatic rings. The highest BCUT2D eigenvalue weighted by Gasteiger charge is 2.38. The summed E-state index contributed by atoms with van der Waals surface area (Å²) in [4.78, 5) is 57.9. The summed E-state index contributed by atoms with van der Waals surface area (Å²) in [7, 11) is 1.16. The van der Waals surface area contributed by atoms with Crippen molar-refractivity contribution in [3.63, 3.8) is 0 Å². The van der Waals surface area contributed by atoms with Gasteiger partial charge in [-0.15, -0.1) is 0 Å². The maximum atomic E-state index is 12.3. The maximum Gasteiger partial charge on any atom is 0.407 e. The molecule has 0 heterocycles. The average molecular weight is 564 g/mol. The predicted molar refractivity (Wildman–Crippen MR) is 144 cm³/mol. The van der Waals surface area contributed by atoms with E-state index in [9.17, 15) is 24.0 Å². The lowest BCUT2D eigenvalue weighted by atomic mass is 9.84. The molecule has 0 spiro atoms. The van der Waals surface area contributed by atoms with E-state index >= 15 is 0 Å². The van der Waals surface area contributed by atoms with E-state index in [0.717, 1.165) is 7.11 Å². The number of carboxylic acids is 1. The van der Waals surface area contributed by atoms with E-state index in [0.29, 0.717) is 0 Å². The number of carbonyl (C=O) groups is 5. The minimum atomic E-state index is -1.15. The topological polar surface area (TPSA) is 190 Å². The van der Waals surface area contributed by atoms with Crippen LogP contribution in [0.5, 0.6) is 0 Å². The van der Waals surface area contributed by atoms with Gasteiger partial charge in [0.05, 0.1) is 24.5 Å². The highest BCUT2D eigenvalue weighted by Crippen LogP contribution is 2.22. The maximum absolute atomic E-state index is 12.3. The van der Waals surface area contributed by atoms with Crippen LogP contribution < -0.4 is 16.0 Å². The molecule has 0 rings (SSSR count). The molecule has 0 fully saturated rings. The SMILES string of the molecule is COC(=O)C(CO)NC(=O)C(C)(C)[C@@H](C)NC(=O)OC(C)(C)C.C[C@@H](NC(=O)OC(C)(C)C)C(C)(C)C(=O)O. The van der Waals surface area contributed by atoms with E-state index in [1.807, 2.05) is 0 Å². The van der Waals surface area contributed by atoms with Gasteiger partial charge in [-0.2, -0.15) is 0 Å². The molecule has 0 aromatic heterocycles. The molecule has 0 saturated heterocycles.